The summed E-state index contributed by atoms with van der Waals surface area (Å²) in [5.74, 6) is -5.08. The highest BCUT2D eigenvalue weighted by Gasteiger charge is 2.19. The van der Waals surface area contributed by atoms with Gasteiger partial charge in [-0.15, -0.1) is 23.5 Å². The van der Waals surface area contributed by atoms with Crippen LogP contribution in [0, 0.1) is 0 Å². The number of likely N-dealkylation sites (N-methyl/N-ethyl adjacent to an activating group) is 2. The van der Waals surface area contributed by atoms with E-state index in [0.717, 1.165) is 72.0 Å². The van der Waals surface area contributed by atoms with Crippen molar-refractivity contribution in [1.82, 2.24) is 27.3 Å². The minimum atomic E-state index is -1.82. The van der Waals surface area contributed by atoms with Crippen LogP contribution in [0.15, 0.2) is 22.2 Å². The number of hydrogen-bond donors (Lipinski definition) is 4. The maximum Gasteiger partial charge on any atom is 0.414 e. The number of nitrogens with zero attached hydrogens (tertiary/aromatic N) is 6. The van der Waals surface area contributed by atoms with E-state index in [-0.39, 0.29) is 0 Å². The molecule has 43 heavy (non-hydrogen) atoms. The van der Waals surface area contributed by atoms with E-state index in [9.17, 15) is 0 Å². The third kappa shape index (κ3) is 13.5. The van der Waals surface area contributed by atoms with E-state index < -0.39 is 23.9 Å². The smallest absolute Gasteiger partial charge is 0.414 e. The lowest BCUT2D eigenvalue weighted by Crippen LogP contribution is -2.25. The van der Waals surface area contributed by atoms with Gasteiger partial charge in [-0.2, -0.15) is 17.5 Å². The molecule has 236 valence electrons. The zero-order valence-electron chi connectivity index (χ0n) is 23.7. The highest BCUT2D eigenvalue weighted by atomic mass is 32.2. The number of aliphatic carboxylic acids is 4. The van der Waals surface area contributed by atoms with Gasteiger partial charge in [0.15, 0.2) is 0 Å². The number of carboxylic acid groups (broad SMARTS) is 4. The Morgan fingerprint density at radius 1 is 0.674 bits per heavy atom. The minimum absolute atomic E-state index is 0.983. The Morgan fingerprint density at radius 2 is 1.05 bits per heavy atom. The predicted molar refractivity (Wildman–Crippen MR) is 166 cm³/mol. The van der Waals surface area contributed by atoms with E-state index in [1.54, 1.807) is 0 Å². The Balaban J connectivity index is 0.000000455. The second-order valence-corrected chi connectivity index (χ2v) is 12.5. The Kier molecular flexibility index (Phi) is 16.4. The van der Waals surface area contributed by atoms with Crippen molar-refractivity contribution in [2.45, 2.75) is 42.2 Å². The SMILES string of the molecule is CN1CCC=C(c2nsnc2SCCCCCSc2nsnc2C2=CCCN(C)C2)C1.O=C(O)C(=O)O.O=C(O)C(=O)O. The fourth-order valence-electron chi connectivity index (χ4n) is 3.79. The van der Waals surface area contributed by atoms with Crippen LogP contribution in [0.4, 0.5) is 0 Å². The van der Waals surface area contributed by atoms with E-state index in [0.29, 0.717) is 0 Å². The molecule has 18 heteroatoms. The second-order valence-electron chi connectivity index (χ2n) is 9.33. The lowest BCUT2D eigenvalue weighted by atomic mass is 10.1. The Labute approximate surface area is 265 Å². The van der Waals surface area contributed by atoms with Gasteiger partial charge >= 0.3 is 23.9 Å². The Hall–Kier alpha value is -2.90. The molecule has 4 N–H and O–H groups in total. The summed E-state index contributed by atoms with van der Waals surface area (Å²) in [6, 6.07) is 0. The molecule has 0 radical (unpaired) electrons. The molecule has 0 saturated heterocycles. The molecule has 0 bridgehead atoms. The van der Waals surface area contributed by atoms with Gasteiger partial charge in [0.25, 0.3) is 0 Å². The molecule has 0 atom stereocenters. The number of hydrogen-bond acceptors (Lipinski definition) is 14. The molecule has 14 nitrogen and oxygen atoms in total. The zero-order valence-corrected chi connectivity index (χ0v) is 26.9. The Morgan fingerprint density at radius 3 is 1.37 bits per heavy atom. The number of rotatable bonds is 10. The molecule has 0 aromatic carbocycles. The topological polar surface area (TPSA) is 207 Å². The van der Waals surface area contributed by atoms with Crippen molar-refractivity contribution < 1.29 is 39.6 Å². The standard InChI is InChI=1S/C21H30N6S4.2C2H2O4/c1-26-10-6-8-16(14-26)18-20(24-30-22-18)28-12-4-3-5-13-29-21-19(23-31-25-21)17-9-7-11-27(2)15-17;2*3-1(4)2(5)6/h8-9H,3-7,10-15H2,1-2H3;2*(H,3,4)(H,5,6). The van der Waals surface area contributed by atoms with Gasteiger partial charge in [-0.05, 0) is 62.4 Å². The van der Waals surface area contributed by atoms with Crippen LogP contribution in [-0.4, -0.2) is 123 Å². The average Bonchev–Trinajstić information content (AvgIpc) is 3.63. The van der Waals surface area contributed by atoms with E-state index >= 15 is 0 Å². The summed E-state index contributed by atoms with van der Waals surface area (Å²) in [7, 11) is 4.35. The lowest BCUT2D eigenvalue weighted by Gasteiger charge is -2.22. The van der Waals surface area contributed by atoms with Crippen molar-refractivity contribution in [2.75, 3.05) is 51.8 Å². The van der Waals surface area contributed by atoms with Gasteiger partial charge in [-0.1, -0.05) is 18.6 Å². The fourth-order valence-corrected chi connectivity index (χ4v) is 7.21. The minimum Gasteiger partial charge on any atom is -0.473 e. The van der Waals surface area contributed by atoms with Crippen LogP contribution in [0.2, 0.25) is 0 Å². The summed E-state index contributed by atoms with van der Waals surface area (Å²) in [6.07, 6.45) is 10.5. The number of carboxylic acids is 4. The monoisotopic (exact) mass is 674 g/mol. The maximum absolute atomic E-state index is 9.10. The van der Waals surface area contributed by atoms with E-state index in [4.69, 9.17) is 39.6 Å². The van der Waals surface area contributed by atoms with Crippen molar-refractivity contribution >= 4 is 82.0 Å². The zero-order chi connectivity index (χ0) is 31.8. The van der Waals surface area contributed by atoms with Crippen molar-refractivity contribution in [1.29, 1.82) is 0 Å². The van der Waals surface area contributed by atoms with Gasteiger partial charge in [0.1, 0.15) is 21.4 Å². The van der Waals surface area contributed by atoms with Crippen molar-refractivity contribution in [3.8, 4) is 0 Å². The molecular weight excluding hydrogens is 641 g/mol. The van der Waals surface area contributed by atoms with Crippen LogP contribution >= 0.6 is 47.0 Å². The van der Waals surface area contributed by atoms with Gasteiger partial charge in [0, 0.05) is 26.2 Å². The van der Waals surface area contributed by atoms with Gasteiger partial charge in [-0.3, -0.25) is 0 Å². The van der Waals surface area contributed by atoms with E-state index in [1.807, 2.05) is 23.5 Å². The third-order valence-corrected chi connectivity index (χ3v) is 9.23. The number of aromatic nitrogens is 4. The highest BCUT2D eigenvalue weighted by Crippen LogP contribution is 2.31. The first-order chi connectivity index (χ1) is 20.5. The van der Waals surface area contributed by atoms with Gasteiger partial charge in [0.2, 0.25) is 0 Å². The van der Waals surface area contributed by atoms with Crippen LogP contribution in [-0.2, 0) is 19.2 Å². The van der Waals surface area contributed by atoms with Gasteiger partial charge in [-0.25, -0.2) is 19.2 Å². The number of unbranched alkanes of at least 4 members (excludes halogenated alkanes) is 2. The second kappa shape index (κ2) is 19.4. The van der Waals surface area contributed by atoms with E-state index in [2.05, 4.69) is 53.5 Å². The lowest BCUT2D eigenvalue weighted by molar-refractivity contribution is -0.159. The fraction of sp³-hybridized carbons (Fsp3) is 0.520. The summed E-state index contributed by atoms with van der Waals surface area (Å²) in [5, 5.41) is 31.8. The quantitative estimate of drug-likeness (QED) is 0.162. The molecule has 4 heterocycles. The van der Waals surface area contributed by atoms with Crippen LogP contribution in [0.25, 0.3) is 11.1 Å². The number of thioether (sulfide) groups is 2. The summed E-state index contributed by atoms with van der Waals surface area (Å²) in [6.45, 7) is 4.23. The molecule has 2 aromatic rings. The molecule has 0 amide bonds. The largest absolute Gasteiger partial charge is 0.473 e. The molecule has 0 unspecified atom stereocenters. The summed E-state index contributed by atoms with van der Waals surface area (Å²) < 4.78 is 18.3. The normalized spacial score (nSPS) is 15.2. The summed E-state index contributed by atoms with van der Waals surface area (Å²) >= 11 is 6.41. The molecule has 0 saturated carbocycles. The molecule has 4 rings (SSSR count). The van der Waals surface area contributed by atoms with Crippen LogP contribution in [0.5, 0.6) is 0 Å². The van der Waals surface area contributed by atoms with Crippen molar-refractivity contribution in [3.05, 3.63) is 23.5 Å². The highest BCUT2D eigenvalue weighted by molar-refractivity contribution is 7.99. The maximum atomic E-state index is 9.10. The molecule has 2 aliphatic heterocycles. The molecule has 2 aromatic heterocycles. The van der Waals surface area contributed by atoms with Crippen molar-refractivity contribution in [2.24, 2.45) is 0 Å². The van der Waals surface area contributed by atoms with Gasteiger partial charge < -0.3 is 30.2 Å². The molecular formula is C25H34N6O8S4. The Bertz CT molecular complexity index is 1180. The number of carbonyl (C=O) groups is 4. The molecule has 0 fully saturated rings. The summed E-state index contributed by atoms with van der Waals surface area (Å²) in [5.41, 5.74) is 4.91. The van der Waals surface area contributed by atoms with Crippen LogP contribution in [0.3, 0.4) is 0 Å². The van der Waals surface area contributed by atoms with Crippen LogP contribution in [0.1, 0.15) is 43.5 Å². The molecule has 0 aliphatic carbocycles. The third-order valence-electron chi connectivity index (χ3n) is 5.84. The molecule has 2 aliphatic rings. The van der Waals surface area contributed by atoms with Crippen LogP contribution < -0.4 is 0 Å². The first kappa shape index (κ1) is 36.3. The van der Waals surface area contributed by atoms with E-state index in [1.165, 1.54) is 53.9 Å². The molecule has 0 spiro atoms. The predicted octanol–water partition coefficient (Wildman–Crippen LogP) is 3.19. The first-order valence-electron chi connectivity index (χ1n) is 13.1. The summed E-state index contributed by atoms with van der Waals surface area (Å²) in [4.78, 5) is 41.1. The average molecular weight is 675 g/mol. The van der Waals surface area contributed by atoms with Gasteiger partial charge in [0.05, 0.1) is 23.5 Å². The van der Waals surface area contributed by atoms with Crippen molar-refractivity contribution in [3.63, 3.8) is 0 Å². The first-order valence-corrected chi connectivity index (χ1v) is 16.5.